The van der Waals surface area contributed by atoms with Gasteiger partial charge in [0, 0.05) is 23.0 Å². The van der Waals surface area contributed by atoms with E-state index in [0.29, 0.717) is 16.8 Å². The van der Waals surface area contributed by atoms with Crippen molar-refractivity contribution in [1.82, 2.24) is 4.98 Å². The molecule has 2 aromatic carbocycles. The van der Waals surface area contributed by atoms with Gasteiger partial charge in [0.2, 0.25) is 6.10 Å². The molecule has 0 aliphatic heterocycles. The second-order valence-electron chi connectivity index (χ2n) is 5.91. The smallest absolute Gasteiger partial charge is 0.355 e. The molecule has 6 heteroatoms. The summed E-state index contributed by atoms with van der Waals surface area (Å²) in [5.74, 6) is -1.26. The van der Waals surface area contributed by atoms with Gasteiger partial charge in [0.15, 0.2) is 5.78 Å². The molecule has 1 atom stereocenters. The highest BCUT2D eigenvalue weighted by atomic mass is 16.5. The molecule has 6 nitrogen and oxygen atoms in total. The molecule has 1 amide bonds. The maximum Gasteiger partial charge on any atom is 0.355 e. The molecule has 0 spiro atoms. The first-order valence-corrected chi connectivity index (χ1v) is 8.36. The number of ether oxygens (including phenoxy) is 1. The number of aromatic amines is 1. The number of amides is 1. The summed E-state index contributed by atoms with van der Waals surface area (Å²) in [6, 6.07) is 18.6. The summed E-state index contributed by atoms with van der Waals surface area (Å²) in [5, 5.41) is 2.71. The SMILES string of the molecule is CC(=O)c1cccc(NC(=O)[C@@H](OC(=O)c2ccc[nH]2)c2ccccc2)c1. The van der Waals surface area contributed by atoms with Gasteiger partial charge in [0.05, 0.1) is 0 Å². The van der Waals surface area contributed by atoms with Crippen LogP contribution in [-0.4, -0.2) is 22.6 Å². The first-order chi connectivity index (χ1) is 13.0. The van der Waals surface area contributed by atoms with Crippen molar-refractivity contribution in [2.45, 2.75) is 13.0 Å². The molecule has 0 saturated heterocycles. The number of benzene rings is 2. The molecule has 3 aromatic rings. The number of rotatable bonds is 6. The fraction of sp³-hybridized carbons (Fsp3) is 0.0952. The van der Waals surface area contributed by atoms with Gasteiger partial charge < -0.3 is 15.0 Å². The Hall–Kier alpha value is -3.67. The second kappa shape index (κ2) is 8.14. The molecule has 2 N–H and O–H groups in total. The summed E-state index contributed by atoms with van der Waals surface area (Å²) in [7, 11) is 0. The Morgan fingerprint density at radius 1 is 0.963 bits per heavy atom. The van der Waals surface area contributed by atoms with E-state index in [1.165, 1.54) is 6.92 Å². The minimum atomic E-state index is -1.14. The van der Waals surface area contributed by atoms with Crippen LogP contribution in [0.3, 0.4) is 0 Å². The maximum absolute atomic E-state index is 12.8. The van der Waals surface area contributed by atoms with Gasteiger partial charge in [-0.1, -0.05) is 42.5 Å². The van der Waals surface area contributed by atoms with E-state index >= 15 is 0 Å². The molecule has 0 saturated carbocycles. The molecule has 136 valence electrons. The monoisotopic (exact) mass is 362 g/mol. The molecule has 0 radical (unpaired) electrons. The number of nitrogens with one attached hydrogen (secondary N) is 2. The van der Waals surface area contributed by atoms with Crippen LogP contribution in [0.1, 0.15) is 39.4 Å². The largest absolute Gasteiger partial charge is 0.443 e. The van der Waals surface area contributed by atoms with E-state index in [1.54, 1.807) is 66.9 Å². The third-order valence-electron chi connectivity index (χ3n) is 3.92. The minimum absolute atomic E-state index is 0.108. The Morgan fingerprint density at radius 2 is 1.74 bits per heavy atom. The van der Waals surface area contributed by atoms with Crippen LogP contribution < -0.4 is 5.32 Å². The Balaban J connectivity index is 1.84. The fourth-order valence-electron chi connectivity index (χ4n) is 2.55. The molecule has 0 fully saturated rings. The van der Waals surface area contributed by atoms with Crippen LogP contribution >= 0.6 is 0 Å². The zero-order valence-electron chi connectivity index (χ0n) is 14.6. The van der Waals surface area contributed by atoms with Gasteiger partial charge in [-0.25, -0.2) is 4.79 Å². The Kier molecular flexibility index (Phi) is 5.47. The molecule has 0 bridgehead atoms. The van der Waals surface area contributed by atoms with Crippen LogP contribution in [-0.2, 0) is 9.53 Å². The number of hydrogen-bond donors (Lipinski definition) is 2. The highest BCUT2D eigenvalue weighted by molar-refractivity contribution is 5.99. The highest BCUT2D eigenvalue weighted by Crippen LogP contribution is 2.22. The lowest BCUT2D eigenvalue weighted by atomic mass is 10.1. The second-order valence-corrected chi connectivity index (χ2v) is 5.91. The normalized spacial score (nSPS) is 11.4. The van der Waals surface area contributed by atoms with Gasteiger partial charge in [0.1, 0.15) is 5.69 Å². The van der Waals surface area contributed by atoms with Crippen molar-refractivity contribution in [3.05, 3.63) is 89.7 Å². The number of carbonyl (C=O) groups excluding carboxylic acids is 3. The third-order valence-corrected chi connectivity index (χ3v) is 3.92. The summed E-state index contributed by atoms with van der Waals surface area (Å²) < 4.78 is 5.44. The van der Waals surface area contributed by atoms with Crippen LogP contribution in [0, 0.1) is 0 Å². The van der Waals surface area contributed by atoms with Crippen LogP contribution in [0.15, 0.2) is 72.9 Å². The van der Waals surface area contributed by atoms with Gasteiger partial charge in [0.25, 0.3) is 5.91 Å². The van der Waals surface area contributed by atoms with Crippen molar-refractivity contribution >= 4 is 23.3 Å². The van der Waals surface area contributed by atoms with Crippen LogP contribution in [0.25, 0.3) is 0 Å². The first-order valence-electron chi connectivity index (χ1n) is 8.36. The third kappa shape index (κ3) is 4.49. The number of esters is 1. The van der Waals surface area contributed by atoms with Gasteiger partial charge in [-0.05, 0) is 31.2 Å². The van der Waals surface area contributed by atoms with E-state index in [9.17, 15) is 14.4 Å². The van der Waals surface area contributed by atoms with E-state index in [-0.39, 0.29) is 11.5 Å². The molecule has 1 aromatic heterocycles. The molecule has 27 heavy (non-hydrogen) atoms. The summed E-state index contributed by atoms with van der Waals surface area (Å²) in [4.78, 5) is 39.4. The van der Waals surface area contributed by atoms with Crippen LogP contribution in [0.5, 0.6) is 0 Å². The fourth-order valence-corrected chi connectivity index (χ4v) is 2.55. The minimum Gasteiger partial charge on any atom is -0.443 e. The van der Waals surface area contributed by atoms with E-state index in [1.807, 2.05) is 6.07 Å². The van der Waals surface area contributed by atoms with Gasteiger partial charge in [-0.15, -0.1) is 0 Å². The van der Waals surface area contributed by atoms with Crippen molar-refractivity contribution in [3.63, 3.8) is 0 Å². The molecule has 3 rings (SSSR count). The van der Waals surface area contributed by atoms with Crippen molar-refractivity contribution in [1.29, 1.82) is 0 Å². The number of hydrogen-bond acceptors (Lipinski definition) is 4. The Morgan fingerprint density at radius 3 is 2.41 bits per heavy atom. The van der Waals surface area contributed by atoms with Crippen molar-refractivity contribution in [2.75, 3.05) is 5.32 Å². The van der Waals surface area contributed by atoms with Crippen LogP contribution in [0.4, 0.5) is 5.69 Å². The highest BCUT2D eigenvalue weighted by Gasteiger charge is 2.26. The Labute approximate surface area is 156 Å². The maximum atomic E-state index is 12.8. The first kappa shape index (κ1) is 18.1. The van der Waals surface area contributed by atoms with Crippen LogP contribution in [0.2, 0.25) is 0 Å². The molecule has 1 heterocycles. The molecule has 0 unspecified atom stereocenters. The van der Waals surface area contributed by atoms with E-state index in [2.05, 4.69) is 10.3 Å². The lowest BCUT2D eigenvalue weighted by molar-refractivity contribution is -0.125. The predicted octanol–water partition coefficient (Wildman–Crippen LogP) is 3.75. The van der Waals surface area contributed by atoms with E-state index < -0.39 is 18.0 Å². The molecule has 0 aliphatic rings. The van der Waals surface area contributed by atoms with Gasteiger partial charge in [-0.3, -0.25) is 9.59 Å². The lowest BCUT2D eigenvalue weighted by Gasteiger charge is -2.18. The van der Waals surface area contributed by atoms with Crippen molar-refractivity contribution in [3.8, 4) is 0 Å². The zero-order valence-corrected chi connectivity index (χ0v) is 14.6. The number of ketones is 1. The molecular formula is C21H18N2O4. The summed E-state index contributed by atoms with van der Waals surface area (Å²) in [6.45, 7) is 1.45. The number of Topliss-reactive ketones (excluding diaryl/α,β-unsaturated/α-hetero) is 1. The number of anilines is 1. The lowest BCUT2D eigenvalue weighted by Crippen LogP contribution is -2.26. The number of carbonyl (C=O) groups is 3. The standard InChI is InChI=1S/C21H18N2O4/c1-14(24)16-9-5-10-17(13-16)23-20(25)19(15-7-3-2-4-8-15)27-21(26)18-11-6-12-22-18/h2-13,19,22H,1H3,(H,23,25)/t19-/m0/s1. The number of aromatic nitrogens is 1. The van der Waals surface area contributed by atoms with Gasteiger partial charge in [-0.2, -0.15) is 0 Å². The predicted molar refractivity (Wildman–Crippen MR) is 100 cm³/mol. The summed E-state index contributed by atoms with van der Waals surface area (Å²) in [5.41, 5.74) is 1.72. The van der Waals surface area contributed by atoms with Crippen molar-refractivity contribution in [2.24, 2.45) is 0 Å². The van der Waals surface area contributed by atoms with Gasteiger partial charge >= 0.3 is 5.97 Å². The van der Waals surface area contributed by atoms with E-state index in [0.717, 1.165) is 0 Å². The van der Waals surface area contributed by atoms with E-state index in [4.69, 9.17) is 4.74 Å². The summed E-state index contributed by atoms with van der Waals surface area (Å²) >= 11 is 0. The average Bonchev–Trinajstić information content (AvgIpc) is 3.21. The average molecular weight is 362 g/mol. The number of H-pyrrole nitrogens is 1. The molecule has 0 aliphatic carbocycles. The topological polar surface area (TPSA) is 88.3 Å². The molecular weight excluding hydrogens is 344 g/mol. The zero-order chi connectivity index (χ0) is 19.2. The van der Waals surface area contributed by atoms with Crippen molar-refractivity contribution < 1.29 is 19.1 Å². The quantitative estimate of drug-likeness (QED) is 0.516. The Bertz CT molecular complexity index is 949. The summed E-state index contributed by atoms with van der Waals surface area (Å²) in [6.07, 6.45) is 0.463.